The highest BCUT2D eigenvalue weighted by molar-refractivity contribution is 5.94. The predicted octanol–water partition coefficient (Wildman–Crippen LogP) is 1.71. The van der Waals surface area contributed by atoms with Crippen LogP contribution < -0.4 is 11.1 Å². The van der Waals surface area contributed by atoms with E-state index < -0.39 is 11.4 Å². The van der Waals surface area contributed by atoms with E-state index >= 15 is 0 Å². The first kappa shape index (κ1) is 19.4. The number of benzene rings is 1. The zero-order chi connectivity index (χ0) is 16.3. The van der Waals surface area contributed by atoms with Gasteiger partial charge in [-0.2, -0.15) is 0 Å². The van der Waals surface area contributed by atoms with Gasteiger partial charge in [-0.15, -0.1) is 12.4 Å². The standard InChI is InChI=1S/C16H22FN3O2.ClH/c1-16(2,18)15(22)19-11-7-9-20(10-8-11)14(21)12-5-3-4-6-13(12)17;/h3-6,11H,7-10,18H2,1-2H3,(H,19,22);1H. The van der Waals surface area contributed by atoms with Crippen molar-refractivity contribution in [2.45, 2.75) is 38.3 Å². The summed E-state index contributed by atoms with van der Waals surface area (Å²) in [7, 11) is 0. The summed E-state index contributed by atoms with van der Waals surface area (Å²) in [5.41, 5.74) is 4.92. The number of carbonyl (C=O) groups excluding carboxylic acids is 2. The number of hydrogen-bond donors (Lipinski definition) is 2. The molecule has 0 saturated carbocycles. The molecule has 0 aliphatic carbocycles. The molecule has 1 aromatic carbocycles. The zero-order valence-corrected chi connectivity index (χ0v) is 14.2. The number of hydrogen-bond acceptors (Lipinski definition) is 3. The van der Waals surface area contributed by atoms with E-state index in [-0.39, 0.29) is 35.8 Å². The SMILES string of the molecule is CC(C)(N)C(=O)NC1CCN(C(=O)c2ccccc2F)CC1.Cl. The molecule has 1 heterocycles. The molecule has 23 heavy (non-hydrogen) atoms. The molecule has 128 valence electrons. The van der Waals surface area contributed by atoms with E-state index in [9.17, 15) is 14.0 Å². The molecule has 7 heteroatoms. The molecule has 5 nitrogen and oxygen atoms in total. The minimum absolute atomic E-state index is 0. The third kappa shape index (κ3) is 4.91. The lowest BCUT2D eigenvalue weighted by Crippen LogP contribution is -2.54. The van der Waals surface area contributed by atoms with Crippen LogP contribution in [0.5, 0.6) is 0 Å². The van der Waals surface area contributed by atoms with Gasteiger partial charge in [0.1, 0.15) is 5.82 Å². The molecule has 1 fully saturated rings. The lowest BCUT2D eigenvalue weighted by molar-refractivity contribution is -0.126. The van der Waals surface area contributed by atoms with Crippen LogP contribution in [-0.2, 0) is 4.79 Å². The van der Waals surface area contributed by atoms with Crippen LogP contribution in [0.1, 0.15) is 37.0 Å². The molecule has 1 saturated heterocycles. The number of nitrogens with two attached hydrogens (primary N) is 1. The fourth-order valence-corrected chi connectivity index (χ4v) is 2.40. The molecule has 0 bridgehead atoms. The van der Waals surface area contributed by atoms with Crippen LogP contribution in [0.4, 0.5) is 4.39 Å². The highest BCUT2D eigenvalue weighted by Crippen LogP contribution is 2.16. The first-order chi connectivity index (χ1) is 10.3. The average molecular weight is 344 g/mol. The van der Waals surface area contributed by atoms with Crippen LogP contribution in [0, 0.1) is 5.82 Å². The molecule has 0 radical (unpaired) electrons. The van der Waals surface area contributed by atoms with E-state index in [4.69, 9.17) is 5.73 Å². The Bertz CT molecular complexity index is 567. The van der Waals surface area contributed by atoms with Gasteiger partial charge >= 0.3 is 0 Å². The van der Waals surface area contributed by atoms with Crippen molar-refractivity contribution in [2.24, 2.45) is 5.73 Å². The topological polar surface area (TPSA) is 75.4 Å². The van der Waals surface area contributed by atoms with Crippen molar-refractivity contribution in [3.05, 3.63) is 35.6 Å². The van der Waals surface area contributed by atoms with E-state index in [1.54, 1.807) is 30.9 Å². The van der Waals surface area contributed by atoms with Gasteiger partial charge in [0, 0.05) is 19.1 Å². The van der Waals surface area contributed by atoms with Gasteiger partial charge in [-0.05, 0) is 38.8 Å². The molecule has 3 N–H and O–H groups in total. The molecule has 0 spiro atoms. The number of nitrogens with one attached hydrogen (secondary N) is 1. The van der Waals surface area contributed by atoms with Crippen molar-refractivity contribution in [3.8, 4) is 0 Å². The summed E-state index contributed by atoms with van der Waals surface area (Å²) in [6.07, 6.45) is 1.28. The van der Waals surface area contributed by atoms with Crippen molar-refractivity contribution >= 4 is 24.2 Å². The minimum Gasteiger partial charge on any atom is -0.352 e. The van der Waals surface area contributed by atoms with Crippen LogP contribution >= 0.6 is 12.4 Å². The molecule has 2 amide bonds. The maximum atomic E-state index is 13.7. The second kappa shape index (κ2) is 7.75. The Balaban J connectivity index is 0.00000264. The van der Waals surface area contributed by atoms with E-state index in [0.717, 1.165) is 0 Å². The van der Waals surface area contributed by atoms with Crippen molar-refractivity contribution in [2.75, 3.05) is 13.1 Å². The number of nitrogens with zero attached hydrogens (tertiary/aromatic N) is 1. The Kier molecular flexibility index (Phi) is 6.53. The summed E-state index contributed by atoms with van der Waals surface area (Å²) in [6.45, 7) is 4.28. The van der Waals surface area contributed by atoms with Crippen LogP contribution in [0.15, 0.2) is 24.3 Å². The quantitative estimate of drug-likeness (QED) is 0.877. The zero-order valence-electron chi connectivity index (χ0n) is 13.3. The van der Waals surface area contributed by atoms with Crippen LogP contribution in [0.3, 0.4) is 0 Å². The first-order valence-electron chi connectivity index (χ1n) is 7.42. The Hall–Kier alpha value is -1.66. The average Bonchev–Trinajstić information content (AvgIpc) is 2.47. The van der Waals surface area contributed by atoms with Gasteiger partial charge in [0.25, 0.3) is 5.91 Å². The van der Waals surface area contributed by atoms with Gasteiger partial charge in [0.05, 0.1) is 11.1 Å². The molecule has 1 aliphatic rings. The van der Waals surface area contributed by atoms with Gasteiger partial charge in [-0.3, -0.25) is 9.59 Å². The summed E-state index contributed by atoms with van der Waals surface area (Å²) in [5.74, 6) is -1.01. The van der Waals surface area contributed by atoms with E-state index in [2.05, 4.69) is 5.32 Å². The Morgan fingerprint density at radius 2 is 1.83 bits per heavy atom. The third-order valence-corrected chi connectivity index (χ3v) is 3.81. The maximum absolute atomic E-state index is 13.7. The van der Waals surface area contributed by atoms with Gasteiger partial charge in [-0.25, -0.2) is 4.39 Å². The number of amides is 2. The number of halogens is 2. The van der Waals surface area contributed by atoms with Crippen LogP contribution in [0.25, 0.3) is 0 Å². The summed E-state index contributed by atoms with van der Waals surface area (Å²) >= 11 is 0. The molecule has 2 rings (SSSR count). The second-order valence-corrected chi connectivity index (χ2v) is 6.24. The number of carbonyl (C=O) groups is 2. The molecule has 0 unspecified atom stereocenters. The fourth-order valence-electron chi connectivity index (χ4n) is 2.40. The maximum Gasteiger partial charge on any atom is 0.256 e. The molecule has 1 aliphatic heterocycles. The summed E-state index contributed by atoms with van der Waals surface area (Å²) in [4.78, 5) is 25.8. The van der Waals surface area contributed by atoms with Crippen molar-refractivity contribution < 1.29 is 14.0 Å². The molecule has 0 atom stereocenters. The normalized spacial score (nSPS) is 15.7. The minimum atomic E-state index is -0.917. The first-order valence-corrected chi connectivity index (χ1v) is 7.42. The third-order valence-electron chi connectivity index (χ3n) is 3.81. The largest absolute Gasteiger partial charge is 0.352 e. The van der Waals surface area contributed by atoms with Crippen LogP contribution in [-0.4, -0.2) is 41.4 Å². The molecular formula is C16H23ClFN3O2. The highest BCUT2D eigenvalue weighted by Gasteiger charge is 2.29. The highest BCUT2D eigenvalue weighted by atomic mass is 35.5. The number of likely N-dealkylation sites (tertiary alicyclic amines) is 1. The summed E-state index contributed by atoms with van der Waals surface area (Å²) in [5, 5.41) is 2.89. The lowest BCUT2D eigenvalue weighted by atomic mass is 10.0. The van der Waals surface area contributed by atoms with E-state index in [1.165, 1.54) is 12.1 Å². The fraction of sp³-hybridized carbons (Fsp3) is 0.500. The van der Waals surface area contributed by atoms with E-state index in [0.29, 0.717) is 25.9 Å². The number of rotatable bonds is 3. The second-order valence-electron chi connectivity index (χ2n) is 6.24. The van der Waals surface area contributed by atoms with Gasteiger partial charge < -0.3 is 16.0 Å². The molecule has 1 aromatic rings. The Labute approximate surface area is 141 Å². The monoisotopic (exact) mass is 343 g/mol. The van der Waals surface area contributed by atoms with Gasteiger partial charge in [0.15, 0.2) is 0 Å². The molecular weight excluding hydrogens is 321 g/mol. The predicted molar refractivity (Wildman–Crippen MR) is 89.0 cm³/mol. The van der Waals surface area contributed by atoms with Gasteiger partial charge in [0.2, 0.25) is 5.91 Å². The van der Waals surface area contributed by atoms with Crippen molar-refractivity contribution in [1.29, 1.82) is 0 Å². The lowest BCUT2D eigenvalue weighted by Gasteiger charge is -2.33. The number of piperidine rings is 1. The molecule has 0 aromatic heterocycles. The Morgan fingerprint density at radius 3 is 2.35 bits per heavy atom. The Morgan fingerprint density at radius 1 is 1.26 bits per heavy atom. The summed E-state index contributed by atoms with van der Waals surface area (Å²) < 4.78 is 13.7. The van der Waals surface area contributed by atoms with Crippen molar-refractivity contribution in [1.82, 2.24) is 10.2 Å². The van der Waals surface area contributed by atoms with Crippen molar-refractivity contribution in [3.63, 3.8) is 0 Å². The van der Waals surface area contributed by atoms with Gasteiger partial charge in [-0.1, -0.05) is 12.1 Å². The summed E-state index contributed by atoms with van der Waals surface area (Å²) in [6, 6.07) is 5.97. The van der Waals surface area contributed by atoms with Crippen LogP contribution in [0.2, 0.25) is 0 Å². The smallest absolute Gasteiger partial charge is 0.256 e. The van der Waals surface area contributed by atoms with E-state index in [1.807, 2.05) is 0 Å².